The first kappa shape index (κ1) is 21.5. The molecular formula is C23H28N4O3S. The molecule has 0 fully saturated rings. The first-order valence-electron chi connectivity index (χ1n) is 10.5. The normalized spacial score (nSPS) is 14.9. The zero-order chi connectivity index (χ0) is 22.0. The molecule has 4 rings (SSSR count). The van der Waals surface area contributed by atoms with E-state index in [-0.39, 0.29) is 18.7 Å². The number of fused-ring (bicyclic) bond motifs is 3. The van der Waals surface area contributed by atoms with E-state index in [1.54, 1.807) is 22.6 Å². The van der Waals surface area contributed by atoms with Crippen LogP contribution in [0.15, 0.2) is 36.7 Å². The Morgan fingerprint density at radius 2 is 2.06 bits per heavy atom. The molecule has 164 valence electrons. The van der Waals surface area contributed by atoms with Gasteiger partial charge in [0.25, 0.3) is 0 Å². The summed E-state index contributed by atoms with van der Waals surface area (Å²) in [4.78, 5) is 25.2. The molecule has 1 amide bonds. The summed E-state index contributed by atoms with van der Waals surface area (Å²) in [6.07, 6.45) is 2.68. The Kier molecular flexibility index (Phi) is 6.11. The van der Waals surface area contributed by atoms with E-state index in [0.29, 0.717) is 19.5 Å². The minimum absolute atomic E-state index is 0.000853. The third-order valence-electron chi connectivity index (χ3n) is 5.17. The summed E-state index contributed by atoms with van der Waals surface area (Å²) in [7, 11) is 0. The maximum atomic E-state index is 12.5. The first-order chi connectivity index (χ1) is 14.8. The van der Waals surface area contributed by atoms with Gasteiger partial charge in [0.05, 0.1) is 24.6 Å². The van der Waals surface area contributed by atoms with Crippen molar-refractivity contribution in [3.63, 3.8) is 0 Å². The summed E-state index contributed by atoms with van der Waals surface area (Å²) in [5, 5.41) is 14.4. The number of hydrogen-bond donors (Lipinski definition) is 2. The SMILES string of the molecule is CC(C)(C)OC(=O)N1CCc2c(sc3ncnc(N[C@H](CO)Cc4ccccc4)c23)C1. The van der Waals surface area contributed by atoms with E-state index in [0.717, 1.165) is 32.9 Å². The number of hydrogen-bond acceptors (Lipinski definition) is 7. The standard InChI is InChI=1S/C23H28N4O3S/c1-23(2,3)30-22(29)27-10-9-17-18(12-27)31-21-19(17)20(24-14-25-21)26-16(13-28)11-15-7-5-4-6-8-15/h4-8,14,16,28H,9-13H2,1-3H3,(H,24,25,26)/t16-/m0/s1. The van der Waals surface area contributed by atoms with Crippen LogP contribution in [-0.2, 0) is 24.1 Å². The monoisotopic (exact) mass is 440 g/mol. The molecule has 2 N–H and O–H groups in total. The number of nitrogens with one attached hydrogen (secondary N) is 1. The van der Waals surface area contributed by atoms with E-state index < -0.39 is 5.60 Å². The minimum Gasteiger partial charge on any atom is -0.444 e. The number of benzene rings is 1. The number of carbonyl (C=O) groups excluding carboxylic acids is 1. The third kappa shape index (κ3) is 4.97. The van der Waals surface area contributed by atoms with Gasteiger partial charge in [-0.3, -0.25) is 0 Å². The zero-order valence-corrected chi connectivity index (χ0v) is 18.9. The van der Waals surface area contributed by atoms with Crippen molar-refractivity contribution in [2.75, 3.05) is 18.5 Å². The summed E-state index contributed by atoms with van der Waals surface area (Å²) in [5.41, 5.74) is 1.82. The van der Waals surface area contributed by atoms with Gasteiger partial charge in [0, 0.05) is 11.4 Å². The van der Waals surface area contributed by atoms with E-state index in [9.17, 15) is 9.90 Å². The second-order valence-corrected chi connectivity index (χ2v) is 9.86. The molecule has 2 aromatic heterocycles. The number of carbonyl (C=O) groups is 1. The lowest BCUT2D eigenvalue weighted by Gasteiger charge is -2.30. The van der Waals surface area contributed by atoms with Crippen molar-refractivity contribution in [3.8, 4) is 0 Å². The van der Waals surface area contributed by atoms with Gasteiger partial charge in [-0.2, -0.15) is 0 Å². The highest BCUT2D eigenvalue weighted by atomic mass is 32.1. The molecule has 1 aliphatic heterocycles. The Morgan fingerprint density at radius 1 is 1.29 bits per heavy atom. The maximum absolute atomic E-state index is 12.5. The van der Waals surface area contributed by atoms with Crippen LogP contribution in [0.3, 0.4) is 0 Å². The Morgan fingerprint density at radius 3 is 2.77 bits per heavy atom. The van der Waals surface area contributed by atoms with Crippen LogP contribution in [-0.4, -0.2) is 50.9 Å². The van der Waals surface area contributed by atoms with E-state index in [2.05, 4.69) is 27.4 Å². The van der Waals surface area contributed by atoms with Gasteiger partial charge >= 0.3 is 6.09 Å². The Labute approximate surface area is 186 Å². The number of amides is 1. The molecule has 3 heterocycles. The van der Waals surface area contributed by atoms with Crippen LogP contribution in [0.1, 0.15) is 36.8 Å². The molecule has 0 unspecified atom stereocenters. The second-order valence-electron chi connectivity index (χ2n) is 8.77. The number of ether oxygens (including phenoxy) is 1. The molecule has 0 saturated heterocycles. The van der Waals surface area contributed by atoms with Crippen molar-refractivity contribution in [2.45, 2.75) is 51.8 Å². The van der Waals surface area contributed by atoms with Crippen molar-refractivity contribution in [1.82, 2.24) is 14.9 Å². The summed E-state index contributed by atoms with van der Waals surface area (Å²) in [6, 6.07) is 9.93. The van der Waals surface area contributed by atoms with Crippen LogP contribution >= 0.6 is 11.3 Å². The molecule has 0 aliphatic carbocycles. The van der Waals surface area contributed by atoms with Gasteiger partial charge in [-0.05, 0) is 44.7 Å². The van der Waals surface area contributed by atoms with Gasteiger partial charge in [-0.1, -0.05) is 30.3 Å². The topological polar surface area (TPSA) is 87.6 Å². The molecule has 0 bridgehead atoms. The number of anilines is 1. The first-order valence-corrected chi connectivity index (χ1v) is 11.3. The number of aromatic nitrogens is 2. The van der Waals surface area contributed by atoms with Crippen molar-refractivity contribution >= 4 is 33.5 Å². The second kappa shape index (κ2) is 8.80. The number of rotatable bonds is 5. The quantitative estimate of drug-likeness (QED) is 0.624. The largest absolute Gasteiger partial charge is 0.444 e. The average Bonchev–Trinajstić information content (AvgIpc) is 3.11. The summed E-state index contributed by atoms with van der Waals surface area (Å²) in [5.74, 6) is 0.739. The highest BCUT2D eigenvalue weighted by Crippen LogP contribution is 2.37. The van der Waals surface area contributed by atoms with Gasteiger partial charge < -0.3 is 20.1 Å². The molecule has 0 spiro atoms. The summed E-state index contributed by atoms with van der Waals surface area (Å²) >= 11 is 1.59. The lowest BCUT2D eigenvalue weighted by molar-refractivity contribution is 0.0227. The van der Waals surface area contributed by atoms with Crippen molar-refractivity contribution in [2.24, 2.45) is 0 Å². The smallest absolute Gasteiger partial charge is 0.410 e. The molecule has 0 radical (unpaired) electrons. The molecule has 1 atom stereocenters. The maximum Gasteiger partial charge on any atom is 0.410 e. The van der Waals surface area contributed by atoms with Gasteiger partial charge in [0.2, 0.25) is 0 Å². The Hall–Kier alpha value is -2.71. The number of thiophene rings is 1. The summed E-state index contributed by atoms with van der Waals surface area (Å²) in [6.45, 7) is 6.73. The van der Waals surface area contributed by atoms with Crippen LogP contribution in [0.5, 0.6) is 0 Å². The highest BCUT2D eigenvalue weighted by molar-refractivity contribution is 7.19. The van der Waals surface area contributed by atoms with Crippen molar-refractivity contribution in [3.05, 3.63) is 52.7 Å². The molecule has 8 heteroatoms. The molecule has 3 aromatic rings. The number of aliphatic hydroxyl groups excluding tert-OH is 1. The third-order valence-corrected chi connectivity index (χ3v) is 6.30. The fourth-order valence-electron chi connectivity index (χ4n) is 3.77. The Balaban J connectivity index is 1.56. The van der Waals surface area contributed by atoms with E-state index >= 15 is 0 Å². The van der Waals surface area contributed by atoms with E-state index in [4.69, 9.17) is 4.74 Å². The average molecular weight is 441 g/mol. The van der Waals surface area contributed by atoms with Gasteiger partial charge in [0.15, 0.2) is 0 Å². The molecule has 1 aliphatic rings. The van der Waals surface area contributed by atoms with Crippen LogP contribution in [0.2, 0.25) is 0 Å². The molecule has 31 heavy (non-hydrogen) atoms. The fraction of sp³-hybridized carbons (Fsp3) is 0.435. The van der Waals surface area contributed by atoms with Crippen LogP contribution in [0.4, 0.5) is 10.6 Å². The van der Waals surface area contributed by atoms with Crippen LogP contribution in [0, 0.1) is 0 Å². The zero-order valence-electron chi connectivity index (χ0n) is 18.1. The lowest BCUT2D eigenvalue weighted by atomic mass is 10.0. The molecule has 7 nitrogen and oxygen atoms in total. The number of aliphatic hydroxyl groups is 1. The predicted octanol–water partition coefficient (Wildman–Crippen LogP) is 4.00. The van der Waals surface area contributed by atoms with Gasteiger partial charge in [-0.15, -0.1) is 11.3 Å². The number of nitrogens with zero attached hydrogens (tertiary/aromatic N) is 3. The highest BCUT2D eigenvalue weighted by Gasteiger charge is 2.29. The molecule has 1 aromatic carbocycles. The van der Waals surface area contributed by atoms with E-state index in [1.165, 1.54) is 5.56 Å². The predicted molar refractivity (Wildman–Crippen MR) is 122 cm³/mol. The molecular weight excluding hydrogens is 412 g/mol. The molecule has 0 saturated carbocycles. The van der Waals surface area contributed by atoms with Gasteiger partial charge in [0.1, 0.15) is 22.6 Å². The fourth-order valence-corrected chi connectivity index (χ4v) is 4.98. The lowest BCUT2D eigenvalue weighted by Crippen LogP contribution is -2.39. The van der Waals surface area contributed by atoms with Crippen molar-refractivity contribution in [1.29, 1.82) is 0 Å². The Bertz CT molecular complexity index is 1060. The van der Waals surface area contributed by atoms with E-state index in [1.807, 2.05) is 39.0 Å². The minimum atomic E-state index is -0.516. The summed E-state index contributed by atoms with van der Waals surface area (Å²) < 4.78 is 5.54. The van der Waals surface area contributed by atoms with Crippen LogP contribution < -0.4 is 5.32 Å². The van der Waals surface area contributed by atoms with Gasteiger partial charge in [-0.25, -0.2) is 14.8 Å². The van der Waals surface area contributed by atoms with Crippen LogP contribution in [0.25, 0.3) is 10.2 Å². The van der Waals surface area contributed by atoms with Crippen molar-refractivity contribution < 1.29 is 14.6 Å².